The number of halogens is 3. The number of rotatable bonds is 8. The van der Waals surface area contributed by atoms with Gasteiger partial charge in [0, 0.05) is 37.6 Å². The van der Waals surface area contributed by atoms with Crippen LogP contribution in [0.15, 0.2) is 18.2 Å². The zero-order valence-corrected chi connectivity index (χ0v) is 17.8. The summed E-state index contributed by atoms with van der Waals surface area (Å²) < 4.78 is 37.8. The second-order valence-electron chi connectivity index (χ2n) is 7.64. The average molecular weight is 428 g/mol. The molecular formula is C21H31F3N4O2. The van der Waals surface area contributed by atoms with Crippen molar-refractivity contribution in [3.05, 3.63) is 23.8 Å². The molecule has 0 aliphatic carbocycles. The topological polar surface area (TPSA) is 64.7 Å². The number of nitrogens with zero attached hydrogens (tertiary/aromatic N) is 2. The van der Waals surface area contributed by atoms with E-state index in [4.69, 9.17) is 0 Å². The molecule has 168 valence electrons. The predicted octanol–water partition coefficient (Wildman–Crippen LogP) is 3.50. The van der Waals surface area contributed by atoms with Crippen LogP contribution in [0.4, 0.5) is 24.5 Å². The van der Waals surface area contributed by atoms with E-state index in [0.717, 1.165) is 39.0 Å². The second kappa shape index (κ2) is 10.7. The first kappa shape index (κ1) is 24.0. The van der Waals surface area contributed by atoms with E-state index < -0.39 is 12.1 Å². The molecule has 0 bridgehead atoms. The predicted molar refractivity (Wildman–Crippen MR) is 112 cm³/mol. The van der Waals surface area contributed by atoms with Crippen LogP contribution in [0.3, 0.4) is 0 Å². The molecule has 1 aromatic carbocycles. The van der Waals surface area contributed by atoms with Crippen molar-refractivity contribution in [2.45, 2.75) is 39.8 Å². The Morgan fingerprint density at radius 2 is 1.80 bits per heavy atom. The molecule has 1 aromatic rings. The molecule has 0 radical (unpaired) electrons. The van der Waals surface area contributed by atoms with Gasteiger partial charge in [-0.15, -0.1) is 0 Å². The van der Waals surface area contributed by atoms with Crippen molar-refractivity contribution >= 4 is 23.2 Å². The summed E-state index contributed by atoms with van der Waals surface area (Å²) in [7, 11) is 0. The number of hydrogen-bond acceptors (Lipinski definition) is 4. The minimum absolute atomic E-state index is 0.0552. The van der Waals surface area contributed by atoms with Crippen molar-refractivity contribution in [1.29, 1.82) is 0 Å². The Balaban J connectivity index is 2.21. The van der Waals surface area contributed by atoms with E-state index in [2.05, 4.69) is 22.0 Å². The Bertz CT molecular complexity index is 727. The van der Waals surface area contributed by atoms with Crippen molar-refractivity contribution in [3.63, 3.8) is 0 Å². The first-order valence-electron chi connectivity index (χ1n) is 10.4. The minimum atomic E-state index is -4.99. The number of nitrogens with one attached hydrogen (secondary N) is 2. The third kappa shape index (κ3) is 6.62. The fraction of sp³-hybridized carbons (Fsp3) is 0.619. The van der Waals surface area contributed by atoms with Gasteiger partial charge >= 0.3 is 12.1 Å². The highest BCUT2D eigenvalue weighted by atomic mass is 19.4. The first-order chi connectivity index (χ1) is 14.2. The molecule has 6 nitrogen and oxygen atoms in total. The maximum absolute atomic E-state index is 12.9. The van der Waals surface area contributed by atoms with Gasteiger partial charge in [0.1, 0.15) is 0 Å². The average Bonchev–Trinajstić information content (AvgIpc) is 2.71. The molecule has 2 amide bonds. The van der Waals surface area contributed by atoms with Gasteiger partial charge in [-0.05, 0) is 50.0 Å². The summed E-state index contributed by atoms with van der Waals surface area (Å²) >= 11 is 0. The third-order valence-corrected chi connectivity index (χ3v) is 5.49. The van der Waals surface area contributed by atoms with Crippen LogP contribution in [-0.4, -0.2) is 62.2 Å². The van der Waals surface area contributed by atoms with Gasteiger partial charge in [0.25, 0.3) is 5.91 Å². The van der Waals surface area contributed by atoms with Gasteiger partial charge in [-0.1, -0.05) is 20.8 Å². The molecule has 1 aliphatic rings. The molecule has 0 saturated carbocycles. The number of benzene rings is 1. The van der Waals surface area contributed by atoms with Gasteiger partial charge < -0.3 is 20.4 Å². The summed E-state index contributed by atoms with van der Waals surface area (Å²) in [5.74, 6) is -1.83. The third-order valence-electron chi connectivity index (χ3n) is 5.49. The molecule has 9 heteroatoms. The molecular weight excluding hydrogens is 397 g/mol. The van der Waals surface area contributed by atoms with Gasteiger partial charge in [0.15, 0.2) is 0 Å². The normalized spacial score (nSPS) is 15.4. The summed E-state index contributed by atoms with van der Waals surface area (Å²) in [5.41, 5.74) is 0.886. The van der Waals surface area contributed by atoms with Crippen molar-refractivity contribution in [3.8, 4) is 0 Å². The number of piperidine rings is 1. The van der Waals surface area contributed by atoms with Crippen molar-refractivity contribution < 1.29 is 22.8 Å². The Labute approximate surface area is 175 Å². The summed E-state index contributed by atoms with van der Waals surface area (Å²) in [6.45, 7) is 10.6. The number of likely N-dealkylation sites (N-methyl/N-ethyl adjacent to an activating group) is 1. The fourth-order valence-electron chi connectivity index (χ4n) is 3.49. The number of amides is 2. The molecule has 1 aliphatic heterocycles. The standard InChI is InChI=1S/C21H31F3N4O2/c1-4-27(5-2)13-10-25-19(29)17-14-16(26-20(30)21(22,23)24)6-7-18(17)28-11-8-15(3)9-12-28/h6-7,14-15H,4-5,8-13H2,1-3H3,(H,25,29)(H,26,30). The Hall–Kier alpha value is -2.29. The molecule has 0 unspecified atom stereocenters. The molecule has 1 fully saturated rings. The molecule has 1 heterocycles. The van der Waals surface area contributed by atoms with E-state index in [1.807, 2.05) is 19.2 Å². The largest absolute Gasteiger partial charge is 0.471 e. The van der Waals surface area contributed by atoms with Crippen molar-refractivity contribution in [2.24, 2.45) is 5.92 Å². The van der Waals surface area contributed by atoms with Gasteiger partial charge in [0.05, 0.1) is 5.56 Å². The van der Waals surface area contributed by atoms with E-state index in [-0.39, 0.29) is 17.2 Å². The van der Waals surface area contributed by atoms with E-state index in [1.54, 1.807) is 6.07 Å². The van der Waals surface area contributed by atoms with Gasteiger partial charge in [0.2, 0.25) is 0 Å². The summed E-state index contributed by atoms with van der Waals surface area (Å²) in [4.78, 5) is 28.4. The maximum Gasteiger partial charge on any atom is 0.471 e. The zero-order chi connectivity index (χ0) is 22.3. The highest BCUT2D eigenvalue weighted by molar-refractivity contribution is 6.02. The van der Waals surface area contributed by atoms with E-state index in [9.17, 15) is 22.8 Å². The molecule has 2 rings (SSSR count). The number of hydrogen-bond donors (Lipinski definition) is 2. The molecule has 1 saturated heterocycles. The Kier molecular flexibility index (Phi) is 8.52. The monoisotopic (exact) mass is 428 g/mol. The number of anilines is 2. The first-order valence-corrected chi connectivity index (χ1v) is 10.4. The van der Waals surface area contributed by atoms with Crippen LogP contribution in [0.2, 0.25) is 0 Å². The lowest BCUT2D eigenvalue weighted by Crippen LogP contribution is -2.37. The van der Waals surface area contributed by atoms with Crippen LogP contribution in [0.25, 0.3) is 0 Å². The van der Waals surface area contributed by atoms with Crippen LogP contribution in [0, 0.1) is 5.92 Å². The lowest BCUT2D eigenvalue weighted by Gasteiger charge is -2.33. The van der Waals surface area contributed by atoms with E-state index >= 15 is 0 Å². The number of carbonyl (C=O) groups excluding carboxylic acids is 2. The molecule has 30 heavy (non-hydrogen) atoms. The summed E-state index contributed by atoms with van der Waals surface area (Å²) in [5, 5.41) is 4.69. The maximum atomic E-state index is 12.9. The highest BCUT2D eigenvalue weighted by Crippen LogP contribution is 2.29. The van der Waals surface area contributed by atoms with Gasteiger partial charge in [-0.25, -0.2) is 0 Å². The van der Waals surface area contributed by atoms with Gasteiger partial charge in [-0.2, -0.15) is 13.2 Å². The van der Waals surface area contributed by atoms with Gasteiger partial charge in [-0.3, -0.25) is 9.59 Å². The van der Waals surface area contributed by atoms with Crippen LogP contribution in [-0.2, 0) is 4.79 Å². The molecule has 0 atom stereocenters. The SMILES string of the molecule is CCN(CC)CCNC(=O)c1cc(NC(=O)C(F)(F)F)ccc1N1CCC(C)CC1. The van der Waals surface area contributed by atoms with Crippen LogP contribution >= 0.6 is 0 Å². The zero-order valence-electron chi connectivity index (χ0n) is 17.8. The number of carbonyl (C=O) groups is 2. The second-order valence-corrected chi connectivity index (χ2v) is 7.64. The highest BCUT2D eigenvalue weighted by Gasteiger charge is 2.38. The number of alkyl halides is 3. The quantitative estimate of drug-likeness (QED) is 0.665. The smallest absolute Gasteiger partial charge is 0.371 e. The van der Waals surface area contributed by atoms with E-state index in [0.29, 0.717) is 24.7 Å². The van der Waals surface area contributed by atoms with Crippen LogP contribution in [0.1, 0.15) is 44.0 Å². The summed E-state index contributed by atoms with van der Waals surface area (Å²) in [6.07, 6.45) is -3.03. The van der Waals surface area contributed by atoms with Crippen LogP contribution in [0.5, 0.6) is 0 Å². The lowest BCUT2D eigenvalue weighted by atomic mass is 9.97. The summed E-state index contributed by atoms with van der Waals surface area (Å²) in [6, 6.07) is 4.34. The Morgan fingerprint density at radius 1 is 1.17 bits per heavy atom. The molecule has 2 N–H and O–H groups in total. The minimum Gasteiger partial charge on any atom is -0.371 e. The van der Waals surface area contributed by atoms with Crippen molar-refractivity contribution in [1.82, 2.24) is 10.2 Å². The fourth-order valence-corrected chi connectivity index (χ4v) is 3.49. The van der Waals surface area contributed by atoms with Crippen LogP contribution < -0.4 is 15.5 Å². The lowest BCUT2D eigenvalue weighted by molar-refractivity contribution is -0.167. The molecule has 0 spiro atoms. The molecule has 0 aromatic heterocycles. The van der Waals surface area contributed by atoms with Crippen molar-refractivity contribution in [2.75, 3.05) is 49.5 Å². The van der Waals surface area contributed by atoms with E-state index in [1.165, 1.54) is 12.1 Å². The Morgan fingerprint density at radius 3 is 2.37 bits per heavy atom.